The Kier molecular flexibility index (Phi) is 3.98. The minimum absolute atomic E-state index is 0.00495. The van der Waals surface area contributed by atoms with Crippen LogP contribution in [-0.2, 0) is 11.3 Å². The summed E-state index contributed by atoms with van der Waals surface area (Å²) in [6, 6.07) is 1.85. The van der Waals surface area contributed by atoms with Crippen LogP contribution < -0.4 is 11.1 Å². The average molecular weight is 182 g/mol. The fourth-order valence-corrected chi connectivity index (χ4v) is 0.962. The molecule has 13 heavy (non-hydrogen) atoms. The summed E-state index contributed by atoms with van der Waals surface area (Å²) in [5.41, 5.74) is 5.22. The molecule has 0 aromatic carbocycles. The van der Waals surface area contributed by atoms with Gasteiger partial charge in [0.1, 0.15) is 0 Å². The van der Waals surface area contributed by atoms with Crippen molar-refractivity contribution in [2.24, 2.45) is 5.73 Å². The number of hydrogen-bond donors (Lipinski definition) is 2. The van der Waals surface area contributed by atoms with Crippen LogP contribution in [0, 0.1) is 0 Å². The van der Waals surface area contributed by atoms with E-state index in [9.17, 15) is 4.79 Å². The van der Waals surface area contributed by atoms with Crippen molar-refractivity contribution in [1.29, 1.82) is 0 Å². The zero-order chi connectivity index (χ0) is 9.52. The molecular weight excluding hydrogens is 168 g/mol. The highest BCUT2D eigenvalue weighted by Crippen LogP contribution is 1.83. The number of nitrogens with two attached hydrogens (primary N) is 1. The van der Waals surface area contributed by atoms with Crippen molar-refractivity contribution in [2.45, 2.75) is 13.0 Å². The minimum atomic E-state index is -0.00495. The fraction of sp³-hybridized carbons (Fsp3) is 0.500. The number of carbonyl (C=O) groups excluding carboxylic acids is 1. The number of rotatable bonds is 5. The standard InChI is InChI=1S/C8H14N4O/c9-3-2-8(13)10-5-7-12-6-1-4-11-12/h1,4,6H,2-3,5,7,9H2,(H,10,13). The van der Waals surface area contributed by atoms with Gasteiger partial charge in [0.2, 0.25) is 5.91 Å². The molecule has 1 aromatic rings. The zero-order valence-electron chi connectivity index (χ0n) is 7.44. The molecule has 0 saturated heterocycles. The topological polar surface area (TPSA) is 72.9 Å². The highest BCUT2D eigenvalue weighted by molar-refractivity contribution is 5.75. The molecule has 3 N–H and O–H groups in total. The van der Waals surface area contributed by atoms with Crippen LogP contribution in [0.3, 0.4) is 0 Å². The van der Waals surface area contributed by atoms with Gasteiger partial charge in [-0.15, -0.1) is 0 Å². The summed E-state index contributed by atoms with van der Waals surface area (Å²) in [4.78, 5) is 11.0. The quantitative estimate of drug-likeness (QED) is 0.635. The van der Waals surface area contributed by atoms with Gasteiger partial charge in [-0.1, -0.05) is 0 Å². The van der Waals surface area contributed by atoms with Gasteiger partial charge >= 0.3 is 0 Å². The fourth-order valence-electron chi connectivity index (χ4n) is 0.962. The zero-order valence-corrected chi connectivity index (χ0v) is 7.44. The molecule has 0 bridgehead atoms. The van der Waals surface area contributed by atoms with Crippen LogP contribution in [0.15, 0.2) is 18.5 Å². The van der Waals surface area contributed by atoms with Gasteiger partial charge in [0.05, 0.1) is 6.54 Å². The summed E-state index contributed by atoms with van der Waals surface area (Å²) in [6.07, 6.45) is 3.95. The van der Waals surface area contributed by atoms with E-state index in [1.54, 1.807) is 10.9 Å². The third-order valence-corrected chi connectivity index (χ3v) is 1.59. The molecule has 0 spiro atoms. The largest absolute Gasteiger partial charge is 0.354 e. The van der Waals surface area contributed by atoms with Crippen LogP contribution in [0.25, 0.3) is 0 Å². The van der Waals surface area contributed by atoms with Crippen LogP contribution in [0.5, 0.6) is 0 Å². The second-order valence-corrected chi connectivity index (χ2v) is 2.66. The van der Waals surface area contributed by atoms with Crippen molar-refractivity contribution in [3.63, 3.8) is 0 Å². The smallest absolute Gasteiger partial charge is 0.221 e. The van der Waals surface area contributed by atoms with Crippen molar-refractivity contribution in [2.75, 3.05) is 13.1 Å². The monoisotopic (exact) mass is 182 g/mol. The van der Waals surface area contributed by atoms with Gasteiger partial charge in [0.25, 0.3) is 0 Å². The molecule has 0 radical (unpaired) electrons. The van der Waals surface area contributed by atoms with Gasteiger partial charge in [-0.05, 0) is 6.07 Å². The van der Waals surface area contributed by atoms with Crippen LogP contribution in [0.4, 0.5) is 0 Å². The van der Waals surface area contributed by atoms with Crippen molar-refractivity contribution >= 4 is 5.91 Å². The lowest BCUT2D eigenvalue weighted by Crippen LogP contribution is -2.28. The van der Waals surface area contributed by atoms with E-state index in [-0.39, 0.29) is 5.91 Å². The number of nitrogens with one attached hydrogen (secondary N) is 1. The SMILES string of the molecule is NCCC(=O)NCCn1cccn1. The van der Waals surface area contributed by atoms with E-state index >= 15 is 0 Å². The van der Waals surface area contributed by atoms with Crippen LogP contribution in [-0.4, -0.2) is 28.8 Å². The molecule has 1 aromatic heterocycles. The number of hydrogen-bond acceptors (Lipinski definition) is 3. The van der Waals surface area contributed by atoms with E-state index in [0.29, 0.717) is 26.1 Å². The van der Waals surface area contributed by atoms with Gasteiger partial charge in [-0.3, -0.25) is 9.48 Å². The third-order valence-electron chi connectivity index (χ3n) is 1.59. The Hall–Kier alpha value is -1.36. The molecule has 1 rings (SSSR count). The Labute approximate surface area is 76.9 Å². The Morgan fingerprint density at radius 3 is 3.08 bits per heavy atom. The molecule has 1 amide bonds. The molecule has 0 saturated carbocycles. The normalized spacial score (nSPS) is 9.92. The molecule has 0 aliphatic rings. The lowest BCUT2D eigenvalue weighted by molar-refractivity contribution is -0.120. The summed E-state index contributed by atoms with van der Waals surface area (Å²) in [5.74, 6) is -0.00495. The van der Waals surface area contributed by atoms with E-state index in [1.807, 2.05) is 12.3 Å². The van der Waals surface area contributed by atoms with Crippen molar-refractivity contribution in [3.8, 4) is 0 Å². The summed E-state index contributed by atoms with van der Waals surface area (Å²) < 4.78 is 1.77. The second kappa shape index (κ2) is 5.31. The highest BCUT2D eigenvalue weighted by Gasteiger charge is 1.97. The summed E-state index contributed by atoms with van der Waals surface area (Å²) >= 11 is 0. The van der Waals surface area contributed by atoms with Crippen molar-refractivity contribution in [1.82, 2.24) is 15.1 Å². The van der Waals surface area contributed by atoms with Crippen LogP contribution >= 0.6 is 0 Å². The van der Waals surface area contributed by atoms with Gasteiger partial charge < -0.3 is 11.1 Å². The van der Waals surface area contributed by atoms with Gasteiger partial charge in [0, 0.05) is 31.9 Å². The summed E-state index contributed by atoms with van der Waals surface area (Å²) in [5, 5.41) is 6.74. The first-order chi connectivity index (χ1) is 6.33. The number of nitrogens with zero attached hydrogens (tertiary/aromatic N) is 2. The lowest BCUT2D eigenvalue weighted by atomic mass is 10.4. The van der Waals surface area contributed by atoms with E-state index in [0.717, 1.165) is 0 Å². The minimum Gasteiger partial charge on any atom is -0.354 e. The number of amides is 1. The maximum atomic E-state index is 11.0. The van der Waals surface area contributed by atoms with Crippen LogP contribution in [0.2, 0.25) is 0 Å². The Morgan fingerprint density at radius 1 is 1.62 bits per heavy atom. The maximum Gasteiger partial charge on any atom is 0.221 e. The second-order valence-electron chi connectivity index (χ2n) is 2.66. The molecule has 5 heteroatoms. The Balaban J connectivity index is 2.11. The molecule has 0 aliphatic heterocycles. The highest BCUT2D eigenvalue weighted by atomic mass is 16.1. The molecule has 0 atom stereocenters. The third kappa shape index (κ3) is 3.71. The van der Waals surface area contributed by atoms with Crippen molar-refractivity contribution < 1.29 is 4.79 Å². The predicted molar refractivity (Wildman–Crippen MR) is 48.9 cm³/mol. The first-order valence-corrected chi connectivity index (χ1v) is 4.27. The number of carbonyl (C=O) groups is 1. The molecule has 72 valence electrons. The molecule has 5 nitrogen and oxygen atoms in total. The molecular formula is C8H14N4O. The molecule has 0 unspecified atom stereocenters. The van der Waals surface area contributed by atoms with Gasteiger partial charge in [0.15, 0.2) is 0 Å². The number of aromatic nitrogens is 2. The molecule has 0 fully saturated rings. The summed E-state index contributed by atoms with van der Waals surface area (Å²) in [6.45, 7) is 1.69. The van der Waals surface area contributed by atoms with Crippen molar-refractivity contribution in [3.05, 3.63) is 18.5 Å². The summed E-state index contributed by atoms with van der Waals surface area (Å²) in [7, 11) is 0. The first kappa shape index (κ1) is 9.73. The van der Waals surface area contributed by atoms with Gasteiger partial charge in [-0.25, -0.2) is 0 Å². The van der Waals surface area contributed by atoms with E-state index < -0.39 is 0 Å². The maximum absolute atomic E-state index is 11.0. The van der Waals surface area contributed by atoms with Crippen LogP contribution in [0.1, 0.15) is 6.42 Å². The molecule has 1 heterocycles. The van der Waals surface area contributed by atoms with Gasteiger partial charge in [-0.2, -0.15) is 5.10 Å². The van der Waals surface area contributed by atoms with E-state index in [1.165, 1.54) is 0 Å². The Morgan fingerprint density at radius 2 is 2.46 bits per heavy atom. The molecule has 0 aliphatic carbocycles. The average Bonchev–Trinajstić information content (AvgIpc) is 2.57. The lowest BCUT2D eigenvalue weighted by Gasteiger charge is -2.03. The van der Waals surface area contributed by atoms with E-state index in [4.69, 9.17) is 5.73 Å². The first-order valence-electron chi connectivity index (χ1n) is 4.27. The Bertz CT molecular complexity index is 245. The predicted octanol–water partition coefficient (Wildman–Crippen LogP) is -0.652. The van der Waals surface area contributed by atoms with E-state index in [2.05, 4.69) is 10.4 Å².